The van der Waals surface area contributed by atoms with Gasteiger partial charge < -0.3 is 5.73 Å². The number of hydrogen-bond acceptors (Lipinski definition) is 1. The molecule has 64 valence electrons. The molecule has 0 saturated heterocycles. The van der Waals surface area contributed by atoms with Gasteiger partial charge in [0.25, 0.3) is 0 Å². The molecule has 1 rings (SSSR count). The third-order valence-electron chi connectivity index (χ3n) is 1.18. The first-order chi connectivity index (χ1) is 5.20. The highest BCUT2D eigenvalue weighted by Crippen LogP contribution is 2.09. The Balaban J connectivity index is 0. The van der Waals surface area contributed by atoms with Gasteiger partial charge >= 0.3 is 0 Å². The van der Waals surface area contributed by atoms with Crippen molar-refractivity contribution in [1.29, 1.82) is 0 Å². The largest absolute Gasteiger partial charge is 0.399 e. The Bertz CT molecular complexity index is 226. The Hall–Kier alpha value is -1.05. The molecule has 0 aliphatic carbocycles. The molecule has 0 bridgehead atoms. The molecule has 0 unspecified atom stereocenters. The highest BCUT2D eigenvalue weighted by Gasteiger charge is 1.93. The van der Waals surface area contributed by atoms with Crippen LogP contribution in [0.15, 0.2) is 18.2 Å². The van der Waals surface area contributed by atoms with Crippen LogP contribution < -0.4 is 5.73 Å². The van der Waals surface area contributed by atoms with Crippen LogP contribution in [0.2, 0.25) is 0 Å². The lowest BCUT2D eigenvalue weighted by atomic mass is 10.2. The summed E-state index contributed by atoms with van der Waals surface area (Å²) in [5, 5.41) is 0. The van der Waals surface area contributed by atoms with Crippen molar-refractivity contribution < 1.29 is 5.82 Å². The van der Waals surface area contributed by atoms with E-state index in [9.17, 15) is 4.39 Å². The topological polar surface area (TPSA) is 26.0 Å². The van der Waals surface area contributed by atoms with Gasteiger partial charge in [-0.15, -0.1) is 0 Å². The average molecular weight is 157 g/mol. The van der Waals surface area contributed by atoms with Gasteiger partial charge in [-0.3, -0.25) is 0 Å². The second kappa shape index (κ2) is 4.72. The Morgan fingerprint density at radius 3 is 2.27 bits per heavy atom. The molecular formula is C9H16FN. The van der Waals surface area contributed by atoms with Crippen LogP contribution in [-0.2, 0) is 0 Å². The maximum Gasteiger partial charge on any atom is 0.126 e. The van der Waals surface area contributed by atoms with Gasteiger partial charge in [0.2, 0.25) is 0 Å². The molecule has 0 heterocycles. The molecule has 1 aromatic carbocycles. The average Bonchev–Trinajstić information content (AvgIpc) is 2.02. The smallest absolute Gasteiger partial charge is 0.126 e. The van der Waals surface area contributed by atoms with E-state index in [2.05, 4.69) is 0 Å². The second-order valence-corrected chi connectivity index (χ2v) is 2.01. The zero-order chi connectivity index (χ0) is 8.85. The van der Waals surface area contributed by atoms with Crippen molar-refractivity contribution in [3.8, 4) is 0 Å². The molecule has 0 spiro atoms. The third-order valence-corrected chi connectivity index (χ3v) is 1.18. The Morgan fingerprint density at radius 2 is 1.91 bits per heavy atom. The molecule has 0 aliphatic rings. The summed E-state index contributed by atoms with van der Waals surface area (Å²) in [5.41, 5.74) is 6.56. The molecule has 2 heteroatoms. The first-order valence-electron chi connectivity index (χ1n) is 3.72. The van der Waals surface area contributed by atoms with Crippen molar-refractivity contribution in [3.05, 3.63) is 29.6 Å². The van der Waals surface area contributed by atoms with Crippen molar-refractivity contribution in [3.63, 3.8) is 0 Å². The van der Waals surface area contributed by atoms with Crippen LogP contribution in [0.1, 0.15) is 20.8 Å². The van der Waals surface area contributed by atoms with E-state index in [4.69, 9.17) is 5.73 Å². The summed E-state index contributed by atoms with van der Waals surface area (Å²) >= 11 is 0. The first kappa shape index (κ1) is 9.95. The van der Waals surface area contributed by atoms with Crippen LogP contribution in [0.5, 0.6) is 0 Å². The number of hydrogen-bond donors (Lipinski definition) is 1. The standard InChI is InChI=1S/C7H8FN.C2H6.H2/c1-5-4-6(9)2-3-7(5)8;1-2;/h2-4H,9H2,1H3;1-2H3;1H. The van der Waals surface area contributed by atoms with Crippen LogP contribution in [-0.4, -0.2) is 0 Å². The zero-order valence-corrected chi connectivity index (χ0v) is 7.19. The maximum absolute atomic E-state index is 12.4. The van der Waals surface area contributed by atoms with Gasteiger partial charge in [-0.25, -0.2) is 4.39 Å². The molecule has 1 nitrogen and oxygen atoms in total. The lowest BCUT2D eigenvalue weighted by Gasteiger charge is -1.95. The normalized spacial score (nSPS) is 8.36. The van der Waals surface area contributed by atoms with E-state index < -0.39 is 0 Å². The molecule has 0 saturated carbocycles. The van der Waals surface area contributed by atoms with E-state index in [1.807, 2.05) is 13.8 Å². The highest BCUT2D eigenvalue weighted by molar-refractivity contribution is 5.40. The summed E-state index contributed by atoms with van der Waals surface area (Å²) < 4.78 is 12.4. The lowest BCUT2D eigenvalue weighted by molar-refractivity contribution is 0.619. The number of halogens is 1. The van der Waals surface area contributed by atoms with Gasteiger partial charge in [0.15, 0.2) is 0 Å². The molecular weight excluding hydrogens is 141 g/mol. The minimum absolute atomic E-state index is 0. The van der Waals surface area contributed by atoms with E-state index in [-0.39, 0.29) is 7.24 Å². The van der Waals surface area contributed by atoms with Crippen molar-refractivity contribution in [1.82, 2.24) is 0 Å². The van der Waals surface area contributed by atoms with E-state index in [1.54, 1.807) is 19.1 Å². The van der Waals surface area contributed by atoms with Crippen molar-refractivity contribution in [2.75, 3.05) is 5.73 Å². The van der Waals surface area contributed by atoms with Crippen LogP contribution >= 0.6 is 0 Å². The van der Waals surface area contributed by atoms with E-state index >= 15 is 0 Å². The predicted molar refractivity (Wildman–Crippen MR) is 49.0 cm³/mol. The lowest BCUT2D eigenvalue weighted by Crippen LogP contribution is -1.87. The number of anilines is 1. The summed E-state index contributed by atoms with van der Waals surface area (Å²) in [5.74, 6) is -0.204. The Morgan fingerprint density at radius 1 is 1.36 bits per heavy atom. The number of benzene rings is 1. The SMILES string of the molecule is CC.Cc1cc(N)ccc1F.[HH]. The van der Waals surface area contributed by atoms with Crippen LogP contribution in [0.3, 0.4) is 0 Å². The molecule has 11 heavy (non-hydrogen) atoms. The molecule has 2 N–H and O–H groups in total. The van der Waals surface area contributed by atoms with Crippen molar-refractivity contribution in [2.24, 2.45) is 0 Å². The third kappa shape index (κ3) is 3.03. The summed E-state index contributed by atoms with van der Waals surface area (Å²) in [4.78, 5) is 0. The summed E-state index contributed by atoms with van der Waals surface area (Å²) in [6.07, 6.45) is 0. The summed E-state index contributed by atoms with van der Waals surface area (Å²) in [6, 6.07) is 4.52. The van der Waals surface area contributed by atoms with Gasteiger partial charge in [0.1, 0.15) is 5.82 Å². The number of aryl methyl sites for hydroxylation is 1. The summed E-state index contributed by atoms with van der Waals surface area (Å²) in [6.45, 7) is 5.69. The molecule has 0 aliphatic heterocycles. The fourth-order valence-electron chi connectivity index (χ4n) is 0.668. The van der Waals surface area contributed by atoms with Gasteiger partial charge in [0.05, 0.1) is 0 Å². The number of nitrogens with two attached hydrogens (primary N) is 1. The van der Waals surface area contributed by atoms with Crippen molar-refractivity contribution in [2.45, 2.75) is 20.8 Å². The van der Waals surface area contributed by atoms with Gasteiger partial charge in [-0.1, -0.05) is 13.8 Å². The summed E-state index contributed by atoms with van der Waals surface area (Å²) in [7, 11) is 0. The van der Waals surface area contributed by atoms with Gasteiger partial charge in [0, 0.05) is 7.11 Å². The fraction of sp³-hybridized carbons (Fsp3) is 0.333. The minimum atomic E-state index is -0.204. The minimum Gasteiger partial charge on any atom is -0.399 e. The molecule has 0 radical (unpaired) electrons. The quantitative estimate of drug-likeness (QED) is 0.575. The maximum atomic E-state index is 12.4. The molecule has 0 atom stereocenters. The van der Waals surface area contributed by atoms with E-state index in [1.165, 1.54) is 6.07 Å². The molecule has 0 amide bonds. The highest BCUT2D eigenvalue weighted by atomic mass is 19.1. The fourth-order valence-corrected chi connectivity index (χ4v) is 0.668. The van der Waals surface area contributed by atoms with Gasteiger partial charge in [-0.2, -0.15) is 0 Å². The first-order valence-corrected chi connectivity index (χ1v) is 3.72. The van der Waals surface area contributed by atoms with E-state index in [0.717, 1.165) is 0 Å². The monoisotopic (exact) mass is 157 g/mol. The van der Waals surface area contributed by atoms with Crippen LogP contribution in [0, 0.1) is 12.7 Å². The van der Waals surface area contributed by atoms with Crippen molar-refractivity contribution >= 4 is 5.69 Å². The van der Waals surface area contributed by atoms with E-state index in [0.29, 0.717) is 11.3 Å². The zero-order valence-electron chi connectivity index (χ0n) is 7.19. The molecule has 1 aromatic rings. The van der Waals surface area contributed by atoms with Crippen LogP contribution in [0.4, 0.5) is 10.1 Å². The Labute approximate surface area is 68.5 Å². The molecule has 0 aromatic heterocycles. The number of nitrogen functional groups attached to an aromatic ring is 1. The van der Waals surface area contributed by atoms with Gasteiger partial charge in [-0.05, 0) is 30.7 Å². The van der Waals surface area contributed by atoms with Crippen LogP contribution in [0.25, 0.3) is 0 Å². The Kier molecular flexibility index (Phi) is 4.27. The number of rotatable bonds is 0. The predicted octanol–water partition coefficient (Wildman–Crippen LogP) is 2.99. The second-order valence-electron chi connectivity index (χ2n) is 2.01. The molecule has 0 fully saturated rings.